The number of hydrogen-bond acceptors (Lipinski definition) is 0. The predicted molar refractivity (Wildman–Crippen MR) is 95.5 cm³/mol. The average Bonchev–Trinajstić information content (AvgIpc) is 2.48. The molecule has 0 aromatic heterocycles. The maximum atomic E-state index is 3.93. The van der Waals surface area contributed by atoms with Gasteiger partial charge in [0, 0.05) is 13.8 Å². The van der Waals surface area contributed by atoms with Crippen molar-refractivity contribution in [2.75, 3.05) is 0 Å². The third kappa shape index (κ3) is 3.05. The van der Waals surface area contributed by atoms with E-state index in [0.29, 0.717) is 10.7 Å². The summed E-state index contributed by atoms with van der Waals surface area (Å²) in [6.07, 6.45) is 3.59. The van der Waals surface area contributed by atoms with Crippen molar-refractivity contribution in [2.24, 2.45) is 5.92 Å². The van der Waals surface area contributed by atoms with Crippen molar-refractivity contribution < 1.29 is 0 Å². The lowest BCUT2D eigenvalue weighted by Crippen LogP contribution is -2.18. The van der Waals surface area contributed by atoms with Gasteiger partial charge in [0.05, 0.1) is 0 Å². The number of fused-ring (bicyclic) bond motifs is 1. The molecule has 0 fully saturated rings. The van der Waals surface area contributed by atoms with Crippen molar-refractivity contribution in [2.45, 2.75) is 24.1 Å². The van der Waals surface area contributed by atoms with Gasteiger partial charge in [0.2, 0.25) is 0 Å². The summed E-state index contributed by atoms with van der Waals surface area (Å²) in [5.41, 5.74) is 4.37. The minimum atomic E-state index is 0.391. The molecule has 0 bridgehead atoms. The van der Waals surface area contributed by atoms with Crippen LogP contribution in [-0.4, -0.2) is 0 Å². The summed E-state index contributed by atoms with van der Waals surface area (Å²) in [5, 5.41) is 0. The van der Waals surface area contributed by atoms with Crippen molar-refractivity contribution in [1.82, 2.24) is 0 Å². The molecule has 3 heteroatoms. The second-order valence-corrected chi connectivity index (χ2v) is 8.10. The highest BCUT2D eigenvalue weighted by Crippen LogP contribution is 2.42. The van der Waals surface area contributed by atoms with E-state index in [4.69, 9.17) is 0 Å². The number of rotatable bonds is 2. The van der Waals surface area contributed by atoms with Crippen LogP contribution in [0.3, 0.4) is 0 Å². The van der Waals surface area contributed by atoms with Crippen LogP contribution in [0.5, 0.6) is 0 Å². The molecule has 0 N–H and O–H groups in total. The van der Waals surface area contributed by atoms with Crippen LogP contribution in [0.2, 0.25) is 0 Å². The van der Waals surface area contributed by atoms with Gasteiger partial charge >= 0.3 is 0 Å². The van der Waals surface area contributed by atoms with E-state index in [2.05, 4.69) is 90.3 Å². The number of halogens is 3. The number of hydrogen-bond donors (Lipinski definition) is 0. The standard InChI is InChI=1S/C17H15Br3/c18-14-7-8-16(19)15(10-14)17(20)13-6-5-11-3-1-2-4-12(11)9-13/h1-4,7-8,10,13,17H,5-6,9H2. The first kappa shape index (κ1) is 14.8. The summed E-state index contributed by atoms with van der Waals surface area (Å²) < 4.78 is 2.32. The molecule has 0 spiro atoms. The van der Waals surface area contributed by atoms with Crippen LogP contribution in [0.15, 0.2) is 51.4 Å². The summed E-state index contributed by atoms with van der Waals surface area (Å²) in [4.78, 5) is 0.391. The van der Waals surface area contributed by atoms with Gasteiger partial charge in [0.1, 0.15) is 0 Å². The Morgan fingerprint density at radius 2 is 1.75 bits per heavy atom. The van der Waals surface area contributed by atoms with E-state index in [0.717, 1.165) is 10.9 Å². The lowest BCUT2D eigenvalue weighted by molar-refractivity contribution is 0.452. The van der Waals surface area contributed by atoms with E-state index in [-0.39, 0.29) is 0 Å². The Balaban J connectivity index is 1.85. The number of alkyl halides is 1. The fourth-order valence-electron chi connectivity index (χ4n) is 2.96. The van der Waals surface area contributed by atoms with Gasteiger partial charge in [0.15, 0.2) is 0 Å². The third-order valence-corrected chi connectivity index (χ3v) is 6.51. The maximum Gasteiger partial charge on any atom is 0.0438 e. The second-order valence-electron chi connectivity index (χ2n) is 5.34. The highest BCUT2D eigenvalue weighted by atomic mass is 79.9. The molecule has 0 radical (unpaired) electrons. The van der Waals surface area contributed by atoms with Crippen LogP contribution in [0.1, 0.15) is 27.9 Å². The molecule has 2 atom stereocenters. The fraction of sp³-hybridized carbons (Fsp3) is 0.294. The molecule has 2 unspecified atom stereocenters. The summed E-state index contributed by atoms with van der Waals surface area (Å²) in [6, 6.07) is 15.2. The van der Waals surface area contributed by atoms with Crippen LogP contribution in [-0.2, 0) is 12.8 Å². The van der Waals surface area contributed by atoms with E-state index < -0.39 is 0 Å². The van der Waals surface area contributed by atoms with E-state index in [1.165, 1.54) is 34.0 Å². The SMILES string of the molecule is Brc1ccc(Br)c(C(Br)C2CCc3ccccc3C2)c1. The molecule has 0 saturated heterocycles. The van der Waals surface area contributed by atoms with Crippen molar-refractivity contribution >= 4 is 47.8 Å². The Kier molecular flexibility index (Phi) is 4.68. The summed E-state index contributed by atoms with van der Waals surface area (Å²) in [7, 11) is 0. The molecule has 0 saturated carbocycles. The van der Waals surface area contributed by atoms with Gasteiger partial charge in [-0.1, -0.05) is 72.1 Å². The van der Waals surface area contributed by atoms with Crippen LogP contribution >= 0.6 is 47.8 Å². The fourth-order valence-corrected chi connectivity index (χ4v) is 4.96. The Morgan fingerprint density at radius 3 is 2.55 bits per heavy atom. The first-order chi connectivity index (χ1) is 9.65. The Hall–Kier alpha value is -0.120. The third-order valence-electron chi connectivity index (χ3n) is 4.05. The average molecular weight is 459 g/mol. The monoisotopic (exact) mass is 456 g/mol. The van der Waals surface area contributed by atoms with Gasteiger partial charge in [-0.25, -0.2) is 0 Å². The van der Waals surface area contributed by atoms with Crippen LogP contribution in [0.4, 0.5) is 0 Å². The van der Waals surface area contributed by atoms with E-state index in [1.54, 1.807) is 0 Å². The lowest BCUT2D eigenvalue weighted by atomic mass is 9.81. The number of aryl methyl sites for hydroxylation is 1. The van der Waals surface area contributed by atoms with Gasteiger partial charge in [-0.05, 0) is 60.1 Å². The maximum absolute atomic E-state index is 3.93. The smallest absolute Gasteiger partial charge is 0.0438 e. The van der Waals surface area contributed by atoms with Crippen LogP contribution in [0.25, 0.3) is 0 Å². The zero-order valence-corrected chi connectivity index (χ0v) is 15.7. The zero-order chi connectivity index (χ0) is 14.1. The Morgan fingerprint density at radius 1 is 1.00 bits per heavy atom. The van der Waals surface area contributed by atoms with Crippen molar-refractivity contribution in [3.8, 4) is 0 Å². The van der Waals surface area contributed by atoms with Crippen LogP contribution < -0.4 is 0 Å². The summed E-state index contributed by atoms with van der Waals surface area (Å²) in [5.74, 6) is 0.649. The Bertz CT molecular complexity index is 621. The van der Waals surface area contributed by atoms with Crippen molar-refractivity contribution in [3.05, 3.63) is 68.1 Å². The van der Waals surface area contributed by atoms with E-state index in [9.17, 15) is 0 Å². The summed E-state index contributed by atoms with van der Waals surface area (Å²) >= 11 is 11.2. The molecule has 0 amide bonds. The largest absolute Gasteiger partial charge is 0.0835 e. The van der Waals surface area contributed by atoms with Crippen molar-refractivity contribution in [3.63, 3.8) is 0 Å². The first-order valence-corrected chi connectivity index (χ1v) is 9.31. The van der Waals surface area contributed by atoms with E-state index >= 15 is 0 Å². The Labute approximate surface area is 145 Å². The van der Waals surface area contributed by atoms with Crippen molar-refractivity contribution in [1.29, 1.82) is 0 Å². The summed E-state index contributed by atoms with van der Waals surface area (Å²) in [6.45, 7) is 0. The van der Waals surface area contributed by atoms with Gasteiger partial charge in [-0.3, -0.25) is 0 Å². The molecule has 3 rings (SSSR count). The molecular weight excluding hydrogens is 444 g/mol. The minimum Gasteiger partial charge on any atom is -0.0835 e. The van der Waals surface area contributed by atoms with Crippen LogP contribution in [0, 0.1) is 5.92 Å². The van der Waals surface area contributed by atoms with Gasteiger partial charge in [-0.2, -0.15) is 0 Å². The van der Waals surface area contributed by atoms with Gasteiger partial charge in [0.25, 0.3) is 0 Å². The molecule has 1 aliphatic rings. The highest BCUT2D eigenvalue weighted by molar-refractivity contribution is 9.11. The molecule has 2 aromatic rings. The highest BCUT2D eigenvalue weighted by Gasteiger charge is 2.26. The van der Waals surface area contributed by atoms with Gasteiger partial charge < -0.3 is 0 Å². The molecule has 20 heavy (non-hydrogen) atoms. The molecular formula is C17H15Br3. The topological polar surface area (TPSA) is 0 Å². The normalized spacial score (nSPS) is 19.4. The van der Waals surface area contributed by atoms with E-state index in [1.807, 2.05) is 0 Å². The first-order valence-electron chi connectivity index (χ1n) is 6.81. The lowest BCUT2D eigenvalue weighted by Gasteiger charge is -2.29. The molecule has 2 aromatic carbocycles. The molecule has 0 aliphatic heterocycles. The zero-order valence-electron chi connectivity index (χ0n) is 11.0. The number of benzene rings is 2. The minimum absolute atomic E-state index is 0.391. The molecule has 1 aliphatic carbocycles. The second kappa shape index (κ2) is 6.33. The molecule has 104 valence electrons. The molecule has 0 nitrogen and oxygen atoms in total. The quantitative estimate of drug-likeness (QED) is 0.453. The predicted octanol–water partition coefficient (Wildman–Crippen LogP) is 6.45. The molecule has 0 heterocycles. The van der Waals surface area contributed by atoms with Gasteiger partial charge in [-0.15, -0.1) is 0 Å².